The lowest BCUT2D eigenvalue weighted by molar-refractivity contribution is 1.43. The largest absolute Gasteiger partial charge is 0.256 e. The van der Waals surface area contributed by atoms with Crippen LogP contribution in [0.5, 0.6) is 0 Å². The van der Waals surface area contributed by atoms with Crippen molar-refractivity contribution in [1.29, 1.82) is 0 Å². The summed E-state index contributed by atoms with van der Waals surface area (Å²) >= 11 is 3.62. The number of thiophene rings is 1. The van der Waals surface area contributed by atoms with Crippen LogP contribution in [0.25, 0.3) is 62.6 Å². The van der Waals surface area contributed by atoms with E-state index in [1.165, 1.54) is 46.6 Å². The number of pyridine rings is 1. The van der Waals surface area contributed by atoms with Gasteiger partial charge in [0.2, 0.25) is 0 Å². The molecular weight excluding hydrogens is 404 g/mol. The number of hydrogen-bond donors (Lipinski definition) is 0. The van der Waals surface area contributed by atoms with Gasteiger partial charge in [0.1, 0.15) is 10.5 Å². The van der Waals surface area contributed by atoms with Crippen LogP contribution < -0.4 is 0 Å². The summed E-state index contributed by atoms with van der Waals surface area (Å²) in [6.45, 7) is 0. The molecule has 2 nitrogen and oxygen atoms in total. The third kappa shape index (κ3) is 2.18. The highest BCUT2D eigenvalue weighted by atomic mass is 32.1. The SMILES string of the molecule is c1ccc(-c2nc3c(s2)c2ccc4cccnc4c2c2c4ccccc4sc32)cc1. The summed E-state index contributed by atoms with van der Waals surface area (Å²) in [5.74, 6) is 0. The molecule has 7 rings (SSSR count). The number of thiazole rings is 1. The fourth-order valence-electron chi connectivity index (χ4n) is 4.41. The van der Waals surface area contributed by atoms with E-state index in [9.17, 15) is 0 Å². The topological polar surface area (TPSA) is 25.8 Å². The predicted molar refractivity (Wildman–Crippen MR) is 131 cm³/mol. The molecule has 140 valence electrons. The first-order chi connectivity index (χ1) is 14.9. The van der Waals surface area contributed by atoms with Gasteiger partial charge < -0.3 is 0 Å². The zero-order valence-corrected chi connectivity index (χ0v) is 17.4. The average molecular weight is 419 g/mol. The monoisotopic (exact) mass is 418 g/mol. The van der Waals surface area contributed by atoms with Crippen molar-refractivity contribution in [2.45, 2.75) is 0 Å². The molecule has 7 aromatic rings. The van der Waals surface area contributed by atoms with Crippen LogP contribution in [0.1, 0.15) is 0 Å². The fourth-order valence-corrected chi connectivity index (χ4v) is 6.79. The summed E-state index contributed by atoms with van der Waals surface area (Å²) < 4.78 is 3.80. The smallest absolute Gasteiger partial charge is 0.124 e. The second-order valence-corrected chi connectivity index (χ2v) is 9.48. The van der Waals surface area contributed by atoms with E-state index in [2.05, 4.69) is 66.7 Å². The van der Waals surface area contributed by atoms with Crippen LogP contribution in [0, 0.1) is 0 Å². The van der Waals surface area contributed by atoms with Gasteiger partial charge in [-0.25, -0.2) is 4.98 Å². The maximum Gasteiger partial charge on any atom is 0.124 e. The van der Waals surface area contributed by atoms with Crippen molar-refractivity contribution < 1.29 is 0 Å². The van der Waals surface area contributed by atoms with Crippen LogP contribution in [-0.4, -0.2) is 9.97 Å². The molecule has 0 saturated heterocycles. The van der Waals surface area contributed by atoms with Crippen LogP contribution in [-0.2, 0) is 0 Å². The van der Waals surface area contributed by atoms with Crippen molar-refractivity contribution in [2.24, 2.45) is 0 Å². The maximum absolute atomic E-state index is 5.15. The normalized spacial score (nSPS) is 12.0. The number of hydrogen-bond acceptors (Lipinski definition) is 4. The molecule has 0 aliphatic heterocycles. The molecule has 4 heteroatoms. The van der Waals surface area contributed by atoms with E-state index in [1.807, 2.05) is 29.7 Å². The number of fused-ring (bicyclic) bond motifs is 10. The Bertz CT molecular complexity index is 1740. The quantitative estimate of drug-likeness (QED) is 0.252. The summed E-state index contributed by atoms with van der Waals surface area (Å²) in [7, 11) is 0. The van der Waals surface area contributed by atoms with Crippen molar-refractivity contribution in [3.63, 3.8) is 0 Å². The minimum Gasteiger partial charge on any atom is -0.256 e. The number of rotatable bonds is 1. The van der Waals surface area contributed by atoms with Gasteiger partial charge in [-0.15, -0.1) is 22.7 Å². The molecule has 0 saturated carbocycles. The minimum atomic E-state index is 1.07. The van der Waals surface area contributed by atoms with Crippen molar-refractivity contribution in [2.75, 3.05) is 0 Å². The predicted octanol–water partition coefficient (Wildman–Crippen LogP) is 8.03. The van der Waals surface area contributed by atoms with E-state index in [4.69, 9.17) is 9.97 Å². The van der Waals surface area contributed by atoms with Crippen LogP contribution in [0.3, 0.4) is 0 Å². The summed E-state index contributed by atoms with van der Waals surface area (Å²) in [5, 5.41) is 7.30. The highest BCUT2D eigenvalue weighted by molar-refractivity contribution is 7.28. The second-order valence-electron chi connectivity index (χ2n) is 7.43. The summed E-state index contributed by atoms with van der Waals surface area (Å²) in [6.07, 6.45) is 1.90. The Balaban J connectivity index is 1.78. The van der Waals surface area contributed by atoms with Crippen molar-refractivity contribution >= 4 is 74.7 Å². The minimum absolute atomic E-state index is 1.07. The molecule has 0 aliphatic carbocycles. The molecule has 30 heavy (non-hydrogen) atoms. The molecule has 0 aliphatic rings. The van der Waals surface area contributed by atoms with Crippen LogP contribution in [0.2, 0.25) is 0 Å². The lowest BCUT2D eigenvalue weighted by Gasteiger charge is -2.06. The Morgan fingerprint density at radius 2 is 1.47 bits per heavy atom. The molecule has 3 aromatic heterocycles. The van der Waals surface area contributed by atoms with E-state index in [0.717, 1.165) is 16.0 Å². The first kappa shape index (κ1) is 16.5. The number of nitrogens with zero attached hydrogens (tertiary/aromatic N) is 2. The van der Waals surface area contributed by atoms with Gasteiger partial charge in [-0.1, -0.05) is 66.7 Å². The lowest BCUT2D eigenvalue weighted by Crippen LogP contribution is -1.83. The third-order valence-electron chi connectivity index (χ3n) is 5.73. The van der Waals surface area contributed by atoms with Crippen LogP contribution in [0.15, 0.2) is 85.1 Å². The van der Waals surface area contributed by atoms with Gasteiger partial charge >= 0.3 is 0 Å². The van der Waals surface area contributed by atoms with E-state index >= 15 is 0 Å². The Morgan fingerprint density at radius 1 is 0.600 bits per heavy atom. The molecule has 0 atom stereocenters. The molecule has 0 N–H and O–H groups in total. The zero-order valence-electron chi connectivity index (χ0n) is 15.8. The van der Waals surface area contributed by atoms with Gasteiger partial charge in [0.05, 0.1) is 14.9 Å². The van der Waals surface area contributed by atoms with Gasteiger partial charge in [0, 0.05) is 43.4 Å². The van der Waals surface area contributed by atoms with Gasteiger partial charge in [0.15, 0.2) is 0 Å². The first-order valence-electron chi connectivity index (χ1n) is 9.85. The van der Waals surface area contributed by atoms with E-state index < -0.39 is 0 Å². The standard InChI is InChI=1S/C26H14N2S2/c1-2-7-16(8-3-1)26-28-23-24(30-26)18-13-12-15-9-6-14-27-22(15)20(18)21-17-10-4-5-11-19(17)29-25(21)23/h1-14H. The van der Waals surface area contributed by atoms with Crippen LogP contribution >= 0.6 is 22.7 Å². The fraction of sp³-hybridized carbons (Fsp3) is 0. The zero-order chi connectivity index (χ0) is 19.7. The Morgan fingerprint density at radius 3 is 2.40 bits per heavy atom. The number of benzene rings is 4. The second kappa shape index (κ2) is 6.08. The third-order valence-corrected chi connectivity index (χ3v) is 8.04. The molecule has 3 heterocycles. The highest BCUT2D eigenvalue weighted by Gasteiger charge is 2.20. The molecule has 0 unspecified atom stereocenters. The Kier molecular flexibility index (Phi) is 3.34. The summed E-state index contributed by atoms with van der Waals surface area (Å²) in [6, 6.07) is 27.7. The Labute approximate surface area is 180 Å². The molecule has 4 aromatic carbocycles. The molecule has 0 radical (unpaired) electrons. The highest BCUT2D eigenvalue weighted by Crippen LogP contribution is 2.47. The van der Waals surface area contributed by atoms with Crippen molar-refractivity contribution in [3.8, 4) is 10.6 Å². The average Bonchev–Trinajstić information content (AvgIpc) is 3.42. The molecule has 0 fully saturated rings. The van der Waals surface area contributed by atoms with E-state index in [0.29, 0.717) is 0 Å². The number of aromatic nitrogens is 2. The van der Waals surface area contributed by atoms with Gasteiger partial charge in [-0.2, -0.15) is 0 Å². The van der Waals surface area contributed by atoms with Crippen molar-refractivity contribution in [3.05, 3.63) is 85.1 Å². The van der Waals surface area contributed by atoms with E-state index in [1.54, 1.807) is 11.3 Å². The molecule has 0 bridgehead atoms. The van der Waals surface area contributed by atoms with E-state index in [-0.39, 0.29) is 0 Å². The Hall–Kier alpha value is -3.34. The molecule has 0 amide bonds. The van der Waals surface area contributed by atoms with Gasteiger partial charge in [-0.3, -0.25) is 4.98 Å². The van der Waals surface area contributed by atoms with Gasteiger partial charge in [0.25, 0.3) is 0 Å². The van der Waals surface area contributed by atoms with Crippen molar-refractivity contribution in [1.82, 2.24) is 9.97 Å². The maximum atomic E-state index is 5.15. The molecule has 0 spiro atoms. The summed E-state index contributed by atoms with van der Waals surface area (Å²) in [4.78, 5) is 9.95. The van der Waals surface area contributed by atoms with Crippen LogP contribution in [0.4, 0.5) is 0 Å². The lowest BCUT2D eigenvalue weighted by atomic mass is 10.00. The van der Waals surface area contributed by atoms with Gasteiger partial charge in [-0.05, 0) is 12.1 Å². The summed E-state index contributed by atoms with van der Waals surface area (Å²) in [5.41, 5.74) is 3.35. The molecular formula is C26H14N2S2. The first-order valence-corrected chi connectivity index (χ1v) is 11.5.